The lowest BCUT2D eigenvalue weighted by Crippen LogP contribution is -2.48. The minimum absolute atomic E-state index is 0.0460. The number of cyclic esters (lactones) is 1. The fraction of sp³-hybridized carbons (Fsp3) is 0.548. The average Bonchev–Trinajstić information content (AvgIpc) is 3.31. The minimum Gasteiger partial charge on any atom is -0.472 e. The number of carbonyl (C=O) groups excluding carboxylic acids is 3. The molecule has 0 radical (unpaired) electrons. The Morgan fingerprint density at radius 2 is 2.00 bits per heavy atom. The molecule has 0 aliphatic carbocycles. The van der Waals surface area contributed by atoms with E-state index in [1.165, 1.54) is 4.90 Å². The van der Waals surface area contributed by atoms with Gasteiger partial charge >= 0.3 is 11.9 Å². The molecule has 0 spiro atoms. The van der Waals surface area contributed by atoms with Crippen molar-refractivity contribution in [3.05, 3.63) is 42.1 Å². The lowest BCUT2D eigenvalue weighted by Gasteiger charge is -2.34. The van der Waals surface area contributed by atoms with Crippen LogP contribution < -0.4 is 4.74 Å². The van der Waals surface area contributed by atoms with Crippen LogP contribution in [0.5, 0.6) is 5.88 Å². The van der Waals surface area contributed by atoms with Gasteiger partial charge in [0.15, 0.2) is 0 Å². The van der Waals surface area contributed by atoms with Crippen LogP contribution in [0.2, 0.25) is 0 Å². The Kier molecular flexibility index (Phi) is 8.93. The van der Waals surface area contributed by atoms with Crippen LogP contribution in [0, 0.1) is 11.3 Å². The lowest BCUT2D eigenvalue weighted by atomic mass is 9.77. The summed E-state index contributed by atoms with van der Waals surface area (Å²) in [7, 11) is 0. The standard InChI is InChI=1S/C31H40N2O6/c1-6-21-15-20-11-9-8-10-14-38-27(34)18-25(31(3,4)5)29(35)33-19-22(17-26(33)30(36)37-7-2)39-28-24(16-20)23(21)12-13-32-28/h6,12-13,15-16,22,25-26H,1,7-11,14,17-19H2,2-5H3/t22-,25-,26+/m1/s1. The van der Waals surface area contributed by atoms with Crippen LogP contribution in [0.25, 0.3) is 16.8 Å². The van der Waals surface area contributed by atoms with Crippen molar-refractivity contribution in [3.63, 3.8) is 0 Å². The second-order valence-corrected chi connectivity index (χ2v) is 11.5. The van der Waals surface area contributed by atoms with Gasteiger partial charge in [0.25, 0.3) is 0 Å². The lowest BCUT2D eigenvalue weighted by molar-refractivity contribution is -0.158. The van der Waals surface area contributed by atoms with E-state index in [2.05, 4.69) is 23.7 Å². The van der Waals surface area contributed by atoms with Crippen molar-refractivity contribution in [2.24, 2.45) is 11.3 Å². The molecule has 1 fully saturated rings. The number of amides is 1. The fourth-order valence-corrected chi connectivity index (χ4v) is 5.49. The molecule has 4 bridgehead atoms. The predicted octanol–water partition coefficient (Wildman–Crippen LogP) is 5.11. The Morgan fingerprint density at radius 1 is 1.21 bits per heavy atom. The highest BCUT2D eigenvalue weighted by Crippen LogP contribution is 2.36. The summed E-state index contributed by atoms with van der Waals surface area (Å²) in [5.41, 5.74) is 1.62. The third-order valence-corrected chi connectivity index (χ3v) is 7.62. The summed E-state index contributed by atoms with van der Waals surface area (Å²) in [6, 6.07) is 5.38. The number of nitrogens with zero attached hydrogens (tertiary/aromatic N) is 2. The van der Waals surface area contributed by atoms with E-state index in [4.69, 9.17) is 14.2 Å². The highest BCUT2D eigenvalue weighted by atomic mass is 16.5. The number of ether oxygens (including phenoxy) is 3. The first-order valence-electron chi connectivity index (χ1n) is 14.0. The minimum atomic E-state index is -0.806. The molecular formula is C31H40N2O6. The third kappa shape index (κ3) is 6.60. The number of esters is 2. The van der Waals surface area contributed by atoms with Gasteiger partial charge in [-0.05, 0) is 66.7 Å². The van der Waals surface area contributed by atoms with Crippen molar-refractivity contribution >= 4 is 34.7 Å². The highest BCUT2D eigenvalue weighted by Gasteiger charge is 2.46. The van der Waals surface area contributed by atoms with E-state index in [0.717, 1.165) is 47.6 Å². The number of hydrogen-bond donors (Lipinski definition) is 0. The third-order valence-electron chi connectivity index (χ3n) is 7.62. The van der Waals surface area contributed by atoms with Gasteiger partial charge in [-0.15, -0.1) is 0 Å². The molecule has 8 nitrogen and oxygen atoms in total. The van der Waals surface area contributed by atoms with Crippen LogP contribution in [0.1, 0.15) is 70.9 Å². The Hall–Kier alpha value is -3.42. The number of fused-ring (bicyclic) bond motifs is 3. The second-order valence-electron chi connectivity index (χ2n) is 11.5. The van der Waals surface area contributed by atoms with Gasteiger partial charge in [0.2, 0.25) is 11.8 Å². The molecule has 2 aromatic rings. The zero-order valence-corrected chi connectivity index (χ0v) is 23.5. The van der Waals surface area contributed by atoms with Gasteiger partial charge in [-0.3, -0.25) is 9.59 Å². The summed E-state index contributed by atoms with van der Waals surface area (Å²) in [4.78, 5) is 45.8. The van der Waals surface area contributed by atoms with E-state index >= 15 is 0 Å². The van der Waals surface area contributed by atoms with Crippen molar-refractivity contribution in [1.82, 2.24) is 9.88 Å². The summed E-state index contributed by atoms with van der Waals surface area (Å²) in [5, 5.41) is 1.87. The molecule has 0 saturated carbocycles. The maximum atomic E-state index is 14.0. The van der Waals surface area contributed by atoms with Crippen LogP contribution in [-0.2, 0) is 30.3 Å². The summed E-state index contributed by atoms with van der Waals surface area (Å²) in [6.07, 6.45) is 6.76. The first kappa shape index (κ1) is 28.6. The number of carbonyl (C=O) groups is 3. The van der Waals surface area contributed by atoms with Crippen molar-refractivity contribution in [3.8, 4) is 5.88 Å². The SMILES string of the molecule is C=Cc1cc2cc3c(nccc13)O[C@@H]1C[C@@H](C(=O)OCC)N(C1)C(=O)[C@H](C(C)(C)C)CC(=O)OCCCCC2. The second kappa shape index (κ2) is 12.2. The molecule has 8 heteroatoms. The van der Waals surface area contributed by atoms with Gasteiger partial charge in [0.05, 0.1) is 32.1 Å². The van der Waals surface area contributed by atoms with Crippen molar-refractivity contribution < 1.29 is 28.6 Å². The predicted molar refractivity (Wildman–Crippen MR) is 149 cm³/mol. The van der Waals surface area contributed by atoms with Crippen molar-refractivity contribution in [2.75, 3.05) is 19.8 Å². The van der Waals surface area contributed by atoms with Gasteiger partial charge in [0, 0.05) is 18.0 Å². The molecule has 0 N–H and O–H groups in total. The van der Waals surface area contributed by atoms with Crippen LogP contribution in [0.4, 0.5) is 0 Å². The smallest absolute Gasteiger partial charge is 0.328 e. The molecule has 210 valence electrons. The van der Waals surface area contributed by atoms with Gasteiger partial charge in [-0.25, -0.2) is 9.78 Å². The van der Waals surface area contributed by atoms with Crippen molar-refractivity contribution in [2.45, 2.75) is 78.4 Å². The van der Waals surface area contributed by atoms with E-state index < -0.39 is 35.4 Å². The summed E-state index contributed by atoms with van der Waals surface area (Å²) >= 11 is 0. The average molecular weight is 537 g/mol. The zero-order chi connectivity index (χ0) is 28.2. The van der Waals surface area contributed by atoms with Gasteiger partial charge in [0.1, 0.15) is 12.1 Å². The topological polar surface area (TPSA) is 95.0 Å². The number of rotatable bonds is 3. The molecule has 1 aromatic carbocycles. The number of hydrogen-bond acceptors (Lipinski definition) is 7. The largest absolute Gasteiger partial charge is 0.472 e. The maximum absolute atomic E-state index is 14.0. The quantitative estimate of drug-likeness (QED) is 0.503. The van der Waals surface area contributed by atoms with E-state index in [-0.39, 0.29) is 31.9 Å². The number of pyridine rings is 1. The molecule has 1 aromatic heterocycles. The number of aryl methyl sites for hydroxylation is 1. The molecule has 1 amide bonds. The Bertz CT molecular complexity index is 1230. The normalized spacial score (nSPS) is 23.1. The van der Waals surface area contributed by atoms with Crippen LogP contribution >= 0.6 is 0 Å². The number of benzene rings is 1. The molecule has 1 saturated heterocycles. The monoisotopic (exact) mass is 536 g/mol. The Labute approximate surface area is 230 Å². The van der Waals surface area contributed by atoms with Gasteiger partial charge < -0.3 is 19.1 Å². The summed E-state index contributed by atoms with van der Waals surface area (Å²) in [6.45, 7) is 12.2. The summed E-state index contributed by atoms with van der Waals surface area (Å²) in [5.74, 6) is -1.33. The van der Waals surface area contributed by atoms with Gasteiger partial charge in [-0.2, -0.15) is 0 Å². The molecule has 39 heavy (non-hydrogen) atoms. The molecule has 2 aliphatic rings. The molecule has 4 rings (SSSR count). The molecule has 2 aliphatic heterocycles. The van der Waals surface area contributed by atoms with E-state index in [9.17, 15) is 14.4 Å². The van der Waals surface area contributed by atoms with Crippen LogP contribution in [0.15, 0.2) is 31.0 Å². The van der Waals surface area contributed by atoms with E-state index in [1.54, 1.807) is 13.1 Å². The van der Waals surface area contributed by atoms with E-state index in [0.29, 0.717) is 12.5 Å². The Balaban J connectivity index is 1.75. The summed E-state index contributed by atoms with van der Waals surface area (Å²) < 4.78 is 17.3. The number of aromatic nitrogens is 1. The van der Waals surface area contributed by atoms with Crippen LogP contribution in [0.3, 0.4) is 0 Å². The fourth-order valence-electron chi connectivity index (χ4n) is 5.49. The van der Waals surface area contributed by atoms with Gasteiger partial charge in [-0.1, -0.05) is 39.5 Å². The molecular weight excluding hydrogens is 496 g/mol. The molecule has 0 unspecified atom stereocenters. The highest BCUT2D eigenvalue weighted by molar-refractivity contribution is 5.94. The first-order chi connectivity index (χ1) is 18.6. The van der Waals surface area contributed by atoms with E-state index in [1.807, 2.05) is 32.9 Å². The van der Waals surface area contributed by atoms with Crippen molar-refractivity contribution in [1.29, 1.82) is 0 Å². The van der Waals surface area contributed by atoms with Crippen LogP contribution in [-0.4, -0.2) is 59.6 Å². The maximum Gasteiger partial charge on any atom is 0.328 e. The molecule has 3 atom stereocenters. The zero-order valence-electron chi connectivity index (χ0n) is 23.5. The Morgan fingerprint density at radius 3 is 2.72 bits per heavy atom. The first-order valence-corrected chi connectivity index (χ1v) is 14.0. The molecule has 3 heterocycles.